The van der Waals surface area contributed by atoms with Gasteiger partial charge in [0.2, 0.25) is 11.9 Å². The van der Waals surface area contributed by atoms with E-state index in [4.69, 9.17) is 5.73 Å². The third-order valence-corrected chi connectivity index (χ3v) is 2.50. The second-order valence-electron chi connectivity index (χ2n) is 3.84. The highest BCUT2D eigenvalue weighted by molar-refractivity contribution is 5.85. The molecule has 0 fully saturated rings. The summed E-state index contributed by atoms with van der Waals surface area (Å²) in [5, 5.41) is 5.55. The van der Waals surface area contributed by atoms with Crippen LogP contribution in [0, 0.1) is 0 Å². The van der Waals surface area contributed by atoms with Gasteiger partial charge in [-0.3, -0.25) is 4.79 Å². The van der Waals surface area contributed by atoms with Gasteiger partial charge in [0, 0.05) is 12.7 Å². The van der Waals surface area contributed by atoms with Crippen LogP contribution in [0.1, 0.15) is 6.92 Å². The van der Waals surface area contributed by atoms with Gasteiger partial charge in [0.05, 0.1) is 11.0 Å². The summed E-state index contributed by atoms with van der Waals surface area (Å²) in [6, 6.07) is 5.07. The van der Waals surface area contributed by atoms with Crippen LogP contribution in [0.25, 0.3) is 11.0 Å². The Balaban J connectivity index is 2.22. The number of carbonyl (C=O) groups is 1. The fourth-order valence-corrected chi connectivity index (χ4v) is 1.58. The maximum absolute atomic E-state index is 11.4. The van der Waals surface area contributed by atoms with E-state index in [1.54, 1.807) is 26.1 Å². The van der Waals surface area contributed by atoms with Gasteiger partial charge in [-0.2, -0.15) is 0 Å². The van der Waals surface area contributed by atoms with E-state index in [1.165, 1.54) is 0 Å². The molecule has 6 nitrogen and oxygen atoms in total. The lowest BCUT2D eigenvalue weighted by molar-refractivity contribution is -0.121. The van der Waals surface area contributed by atoms with Gasteiger partial charge in [0.15, 0.2) is 0 Å². The van der Waals surface area contributed by atoms with Crippen LogP contribution >= 0.6 is 0 Å². The molecule has 17 heavy (non-hydrogen) atoms. The number of imidazole rings is 1. The lowest BCUT2D eigenvalue weighted by atomic mass is 10.3. The van der Waals surface area contributed by atoms with Crippen molar-refractivity contribution in [2.75, 3.05) is 18.1 Å². The van der Waals surface area contributed by atoms with Crippen LogP contribution in [-0.4, -0.2) is 29.0 Å². The minimum atomic E-state index is -0.349. The van der Waals surface area contributed by atoms with Crippen LogP contribution < -0.4 is 16.4 Å². The molecule has 0 saturated heterocycles. The van der Waals surface area contributed by atoms with Crippen LogP contribution in [0.2, 0.25) is 0 Å². The summed E-state index contributed by atoms with van der Waals surface area (Å²) in [7, 11) is 1.60. The van der Waals surface area contributed by atoms with Crippen molar-refractivity contribution in [3.05, 3.63) is 18.2 Å². The molecule has 0 aliphatic rings. The Hall–Kier alpha value is -2.24. The van der Waals surface area contributed by atoms with E-state index in [2.05, 4.69) is 20.6 Å². The SMILES string of the molecule is CNC(=O)C(C)Nc1nc2ccc(N)cc2[nH]1. The number of nitrogen functional groups attached to an aromatic ring is 1. The highest BCUT2D eigenvalue weighted by Gasteiger charge is 2.12. The van der Waals surface area contributed by atoms with Crippen molar-refractivity contribution in [1.29, 1.82) is 0 Å². The third kappa shape index (κ3) is 2.30. The molecule has 90 valence electrons. The van der Waals surface area contributed by atoms with E-state index in [1.807, 2.05) is 6.07 Å². The number of aromatic nitrogens is 2. The number of aromatic amines is 1. The molecular weight excluding hydrogens is 218 g/mol. The summed E-state index contributed by atoms with van der Waals surface area (Å²) in [6.07, 6.45) is 0. The number of nitrogens with two attached hydrogens (primary N) is 1. The zero-order valence-corrected chi connectivity index (χ0v) is 9.74. The fraction of sp³-hybridized carbons (Fsp3) is 0.273. The van der Waals surface area contributed by atoms with Crippen LogP contribution in [0.3, 0.4) is 0 Å². The smallest absolute Gasteiger partial charge is 0.242 e. The number of fused-ring (bicyclic) bond motifs is 1. The van der Waals surface area contributed by atoms with E-state index in [9.17, 15) is 4.79 Å². The monoisotopic (exact) mass is 233 g/mol. The number of anilines is 2. The Morgan fingerprint density at radius 1 is 1.53 bits per heavy atom. The predicted molar refractivity (Wildman–Crippen MR) is 67.7 cm³/mol. The Morgan fingerprint density at radius 2 is 2.29 bits per heavy atom. The summed E-state index contributed by atoms with van der Waals surface area (Å²) in [5.41, 5.74) is 8.00. The molecular formula is C11H15N5O. The number of nitrogens with one attached hydrogen (secondary N) is 3. The molecule has 1 aromatic heterocycles. The van der Waals surface area contributed by atoms with Gasteiger partial charge in [-0.05, 0) is 25.1 Å². The van der Waals surface area contributed by atoms with Crippen molar-refractivity contribution < 1.29 is 4.79 Å². The van der Waals surface area contributed by atoms with Crippen LogP contribution in [-0.2, 0) is 4.79 Å². The molecule has 2 aromatic rings. The van der Waals surface area contributed by atoms with Crippen LogP contribution in [0.15, 0.2) is 18.2 Å². The van der Waals surface area contributed by atoms with Gasteiger partial charge in [-0.25, -0.2) is 4.98 Å². The normalized spacial score (nSPS) is 12.4. The Morgan fingerprint density at radius 3 is 3.00 bits per heavy atom. The molecule has 5 N–H and O–H groups in total. The van der Waals surface area contributed by atoms with E-state index >= 15 is 0 Å². The Labute approximate surface area is 98.6 Å². The maximum atomic E-state index is 11.4. The molecule has 1 atom stereocenters. The summed E-state index contributed by atoms with van der Waals surface area (Å²) in [4.78, 5) is 18.7. The van der Waals surface area contributed by atoms with Crippen molar-refractivity contribution in [1.82, 2.24) is 15.3 Å². The highest BCUT2D eigenvalue weighted by atomic mass is 16.2. The summed E-state index contributed by atoms with van der Waals surface area (Å²) < 4.78 is 0. The molecule has 0 spiro atoms. The second kappa shape index (κ2) is 4.32. The molecule has 0 aliphatic heterocycles. The first kappa shape index (κ1) is 11.3. The minimum Gasteiger partial charge on any atom is -0.399 e. The number of hydrogen-bond acceptors (Lipinski definition) is 4. The van der Waals surface area contributed by atoms with Gasteiger partial charge in [-0.1, -0.05) is 0 Å². The summed E-state index contributed by atoms with van der Waals surface area (Å²) >= 11 is 0. The molecule has 6 heteroatoms. The van der Waals surface area contributed by atoms with Crippen molar-refractivity contribution in [3.63, 3.8) is 0 Å². The standard InChI is InChI=1S/C11H15N5O/c1-6(10(17)13-2)14-11-15-8-4-3-7(12)5-9(8)16-11/h3-6H,12H2,1-2H3,(H,13,17)(H2,14,15,16). The number of likely N-dealkylation sites (N-methyl/N-ethyl adjacent to an activating group) is 1. The molecule has 0 aliphatic carbocycles. The summed E-state index contributed by atoms with van der Waals surface area (Å²) in [6.45, 7) is 1.76. The average Bonchev–Trinajstić information content (AvgIpc) is 2.69. The summed E-state index contributed by atoms with van der Waals surface area (Å²) in [5.74, 6) is 0.465. The zero-order chi connectivity index (χ0) is 12.4. The molecule has 2 rings (SSSR count). The van der Waals surface area contributed by atoms with Crippen molar-refractivity contribution in [2.24, 2.45) is 0 Å². The predicted octanol–water partition coefficient (Wildman–Crippen LogP) is 0.691. The number of H-pyrrole nitrogens is 1. The van der Waals surface area contributed by atoms with Gasteiger partial charge in [0.25, 0.3) is 0 Å². The maximum Gasteiger partial charge on any atom is 0.242 e. The number of hydrogen-bond donors (Lipinski definition) is 4. The van der Waals surface area contributed by atoms with E-state index < -0.39 is 0 Å². The number of nitrogens with zero attached hydrogens (tertiary/aromatic N) is 1. The topological polar surface area (TPSA) is 95.8 Å². The minimum absolute atomic E-state index is 0.0926. The lowest BCUT2D eigenvalue weighted by Crippen LogP contribution is -2.35. The first-order valence-electron chi connectivity index (χ1n) is 5.33. The number of benzene rings is 1. The fourth-order valence-electron chi connectivity index (χ4n) is 1.58. The molecule has 1 amide bonds. The lowest BCUT2D eigenvalue weighted by Gasteiger charge is -2.10. The van der Waals surface area contributed by atoms with Gasteiger partial charge in [-0.15, -0.1) is 0 Å². The second-order valence-corrected chi connectivity index (χ2v) is 3.84. The van der Waals surface area contributed by atoms with Gasteiger partial charge < -0.3 is 21.4 Å². The molecule has 0 saturated carbocycles. The quantitative estimate of drug-likeness (QED) is 0.586. The van der Waals surface area contributed by atoms with Crippen LogP contribution in [0.5, 0.6) is 0 Å². The third-order valence-electron chi connectivity index (χ3n) is 2.50. The zero-order valence-electron chi connectivity index (χ0n) is 9.74. The molecule has 0 radical (unpaired) electrons. The number of rotatable bonds is 3. The first-order valence-corrected chi connectivity index (χ1v) is 5.33. The van der Waals surface area contributed by atoms with Crippen LogP contribution in [0.4, 0.5) is 11.6 Å². The van der Waals surface area contributed by atoms with Crippen molar-refractivity contribution in [2.45, 2.75) is 13.0 Å². The Bertz CT molecular complexity index is 548. The number of amides is 1. The molecule has 0 bridgehead atoms. The average molecular weight is 233 g/mol. The first-order chi connectivity index (χ1) is 8.10. The molecule has 1 aromatic carbocycles. The van der Waals surface area contributed by atoms with Crippen molar-refractivity contribution in [3.8, 4) is 0 Å². The Kier molecular flexibility index (Phi) is 2.86. The molecule has 1 heterocycles. The van der Waals surface area contributed by atoms with E-state index in [-0.39, 0.29) is 11.9 Å². The van der Waals surface area contributed by atoms with Gasteiger partial charge >= 0.3 is 0 Å². The van der Waals surface area contributed by atoms with E-state index in [0.29, 0.717) is 11.6 Å². The van der Waals surface area contributed by atoms with Crippen molar-refractivity contribution >= 4 is 28.6 Å². The van der Waals surface area contributed by atoms with Gasteiger partial charge in [0.1, 0.15) is 6.04 Å². The molecule has 1 unspecified atom stereocenters. The number of carbonyl (C=O) groups excluding carboxylic acids is 1. The van der Waals surface area contributed by atoms with E-state index in [0.717, 1.165) is 11.0 Å². The highest BCUT2D eigenvalue weighted by Crippen LogP contribution is 2.17. The largest absolute Gasteiger partial charge is 0.399 e.